The van der Waals surface area contributed by atoms with Crippen molar-refractivity contribution in [2.75, 3.05) is 5.33 Å². The highest BCUT2D eigenvalue weighted by Gasteiger charge is 2.32. The molecule has 0 heterocycles. The summed E-state index contributed by atoms with van der Waals surface area (Å²) in [6, 6.07) is 0. The van der Waals surface area contributed by atoms with Gasteiger partial charge >= 0.3 is 0 Å². The van der Waals surface area contributed by atoms with Crippen LogP contribution >= 0.6 is 15.9 Å². The minimum Gasteiger partial charge on any atom is -0.371 e. The van der Waals surface area contributed by atoms with Crippen molar-refractivity contribution >= 4 is 15.9 Å². The molecule has 1 saturated carbocycles. The molecule has 2 heteroatoms. The van der Waals surface area contributed by atoms with Crippen LogP contribution in [0.5, 0.6) is 0 Å². The Labute approximate surface area is 122 Å². The molecule has 1 nitrogen and oxygen atoms in total. The van der Waals surface area contributed by atoms with Gasteiger partial charge in [0.05, 0.1) is 11.7 Å². The molecular weight excluding hydrogens is 288 g/mol. The van der Waals surface area contributed by atoms with Crippen molar-refractivity contribution < 1.29 is 4.74 Å². The third-order valence-electron chi connectivity index (χ3n) is 4.17. The second-order valence-corrected chi connectivity index (χ2v) is 6.57. The average molecular weight is 319 g/mol. The summed E-state index contributed by atoms with van der Waals surface area (Å²) < 4.78 is 6.44. The van der Waals surface area contributed by atoms with Gasteiger partial charge in [-0.25, -0.2) is 0 Å². The van der Waals surface area contributed by atoms with Crippen molar-refractivity contribution in [3.63, 3.8) is 0 Å². The van der Waals surface area contributed by atoms with Gasteiger partial charge in [-0.15, -0.1) is 0 Å². The normalized spacial score (nSPS) is 21.5. The molecule has 0 radical (unpaired) electrons. The molecule has 1 atom stereocenters. The Morgan fingerprint density at radius 3 is 2.28 bits per heavy atom. The van der Waals surface area contributed by atoms with Crippen LogP contribution in [-0.4, -0.2) is 17.0 Å². The average Bonchev–Trinajstić information content (AvgIpc) is 2.61. The van der Waals surface area contributed by atoms with E-state index in [1.165, 1.54) is 70.6 Å². The number of halogens is 1. The van der Waals surface area contributed by atoms with Gasteiger partial charge in [0.25, 0.3) is 0 Å². The van der Waals surface area contributed by atoms with Crippen LogP contribution in [0.4, 0.5) is 0 Å². The molecule has 0 amide bonds. The van der Waals surface area contributed by atoms with Crippen molar-refractivity contribution in [1.29, 1.82) is 0 Å². The smallest absolute Gasteiger partial charge is 0.0782 e. The van der Waals surface area contributed by atoms with Crippen LogP contribution in [-0.2, 0) is 4.74 Å². The van der Waals surface area contributed by atoms with Crippen LogP contribution in [0.25, 0.3) is 0 Å². The number of unbranched alkanes of at least 4 members (excludes halogenated alkanes) is 3. The largest absolute Gasteiger partial charge is 0.371 e. The summed E-state index contributed by atoms with van der Waals surface area (Å²) in [5.41, 5.74) is 0.140. The first-order chi connectivity index (χ1) is 8.72. The molecule has 0 aromatic heterocycles. The Hall–Kier alpha value is 0.440. The van der Waals surface area contributed by atoms with E-state index in [-0.39, 0.29) is 5.60 Å². The second-order valence-electron chi connectivity index (χ2n) is 6.01. The Kier molecular flexibility index (Phi) is 8.58. The molecule has 1 aliphatic carbocycles. The van der Waals surface area contributed by atoms with Gasteiger partial charge in [-0.05, 0) is 26.2 Å². The van der Waals surface area contributed by atoms with Gasteiger partial charge < -0.3 is 4.74 Å². The predicted molar refractivity (Wildman–Crippen MR) is 83.5 cm³/mol. The molecule has 108 valence electrons. The van der Waals surface area contributed by atoms with E-state index in [4.69, 9.17) is 4.74 Å². The maximum absolute atomic E-state index is 6.44. The third kappa shape index (κ3) is 6.06. The molecule has 0 bridgehead atoms. The molecule has 1 aliphatic rings. The van der Waals surface area contributed by atoms with Crippen molar-refractivity contribution in [2.24, 2.45) is 0 Å². The lowest BCUT2D eigenvalue weighted by Gasteiger charge is -2.34. The summed E-state index contributed by atoms with van der Waals surface area (Å²) in [5, 5.41) is 1.01. The highest BCUT2D eigenvalue weighted by molar-refractivity contribution is 9.09. The van der Waals surface area contributed by atoms with E-state index in [9.17, 15) is 0 Å². The van der Waals surface area contributed by atoms with Gasteiger partial charge in [0.15, 0.2) is 0 Å². The van der Waals surface area contributed by atoms with E-state index in [0.29, 0.717) is 6.10 Å². The van der Waals surface area contributed by atoms with Crippen LogP contribution in [0, 0.1) is 0 Å². The molecule has 0 aromatic carbocycles. The number of hydrogen-bond donors (Lipinski definition) is 0. The highest BCUT2D eigenvalue weighted by atomic mass is 79.9. The Balaban J connectivity index is 2.31. The fraction of sp³-hybridized carbons (Fsp3) is 1.00. The molecular formula is C16H31BrO. The monoisotopic (exact) mass is 318 g/mol. The Morgan fingerprint density at radius 2 is 1.72 bits per heavy atom. The van der Waals surface area contributed by atoms with Crippen LogP contribution in [0.3, 0.4) is 0 Å². The first-order valence-corrected chi connectivity index (χ1v) is 9.08. The minimum absolute atomic E-state index is 0.140. The Bertz CT molecular complexity index is 197. The zero-order chi connectivity index (χ0) is 13.3. The predicted octanol–water partition coefficient (Wildman–Crippen LogP) is 5.85. The van der Waals surface area contributed by atoms with Gasteiger partial charge in [-0.2, -0.15) is 0 Å². The summed E-state index contributed by atoms with van der Waals surface area (Å²) in [4.78, 5) is 0. The summed E-state index contributed by atoms with van der Waals surface area (Å²) >= 11 is 3.70. The zero-order valence-corrected chi connectivity index (χ0v) is 13.9. The van der Waals surface area contributed by atoms with Crippen LogP contribution in [0.15, 0.2) is 0 Å². The SMILES string of the molecule is CCCCCCC(C)OC1(CBr)CCCCCC1. The minimum atomic E-state index is 0.140. The summed E-state index contributed by atoms with van der Waals surface area (Å²) in [5.74, 6) is 0. The van der Waals surface area contributed by atoms with Crippen molar-refractivity contribution in [3.8, 4) is 0 Å². The number of alkyl halides is 1. The fourth-order valence-corrected chi connectivity index (χ4v) is 3.69. The number of hydrogen-bond acceptors (Lipinski definition) is 1. The standard InChI is InChI=1S/C16H31BrO/c1-3-4-5-8-11-15(2)18-16(14-17)12-9-6-7-10-13-16/h15H,3-14H2,1-2H3. The van der Waals surface area contributed by atoms with Crippen LogP contribution < -0.4 is 0 Å². The first kappa shape index (κ1) is 16.5. The quantitative estimate of drug-likeness (QED) is 0.310. The molecule has 0 aromatic rings. The van der Waals surface area contributed by atoms with Crippen molar-refractivity contribution in [1.82, 2.24) is 0 Å². The van der Waals surface area contributed by atoms with E-state index in [1.54, 1.807) is 0 Å². The molecule has 0 spiro atoms. The lowest BCUT2D eigenvalue weighted by molar-refractivity contribution is -0.0829. The Morgan fingerprint density at radius 1 is 1.06 bits per heavy atom. The lowest BCUT2D eigenvalue weighted by atomic mass is 9.96. The van der Waals surface area contributed by atoms with Crippen LogP contribution in [0.2, 0.25) is 0 Å². The topological polar surface area (TPSA) is 9.23 Å². The van der Waals surface area contributed by atoms with Gasteiger partial charge in [-0.3, -0.25) is 0 Å². The molecule has 18 heavy (non-hydrogen) atoms. The molecule has 0 aliphatic heterocycles. The van der Waals surface area contributed by atoms with Gasteiger partial charge in [-0.1, -0.05) is 74.2 Å². The molecule has 1 unspecified atom stereocenters. The van der Waals surface area contributed by atoms with E-state index in [2.05, 4.69) is 29.8 Å². The number of ether oxygens (including phenoxy) is 1. The summed E-state index contributed by atoms with van der Waals surface area (Å²) in [7, 11) is 0. The van der Waals surface area contributed by atoms with Crippen molar-refractivity contribution in [3.05, 3.63) is 0 Å². The van der Waals surface area contributed by atoms with E-state index >= 15 is 0 Å². The van der Waals surface area contributed by atoms with Gasteiger partial charge in [0.1, 0.15) is 0 Å². The number of rotatable bonds is 8. The summed E-state index contributed by atoms with van der Waals surface area (Å²) in [6.07, 6.45) is 15.0. The second kappa shape index (κ2) is 9.36. The molecule has 0 saturated heterocycles. The highest BCUT2D eigenvalue weighted by Crippen LogP contribution is 2.33. The molecule has 0 N–H and O–H groups in total. The van der Waals surface area contributed by atoms with Crippen LogP contribution in [0.1, 0.15) is 84.5 Å². The third-order valence-corrected chi connectivity index (χ3v) is 5.20. The lowest BCUT2D eigenvalue weighted by Crippen LogP contribution is -2.37. The maximum atomic E-state index is 6.44. The maximum Gasteiger partial charge on any atom is 0.0782 e. The fourth-order valence-electron chi connectivity index (χ4n) is 3.00. The summed E-state index contributed by atoms with van der Waals surface area (Å²) in [6.45, 7) is 4.53. The molecule has 1 fully saturated rings. The zero-order valence-electron chi connectivity index (χ0n) is 12.3. The van der Waals surface area contributed by atoms with E-state index in [1.807, 2.05) is 0 Å². The van der Waals surface area contributed by atoms with Gasteiger partial charge in [0.2, 0.25) is 0 Å². The first-order valence-electron chi connectivity index (χ1n) is 7.96. The van der Waals surface area contributed by atoms with Crippen molar-refractivity contribution in [2.45, 2.75) is 96.2 Å². The van der Waals surface area contributed by atoms with E-state index in [0.717, 1.165) is 5.33 Å². The van der Waals surface area contributed by atoms with E-state index < -0.39 is 0 Å². The van der Waals surface area contributed by atoms with Gasteiger partial charge in [0, 0.05) is 5.33 Å². The molecule has 1 rings (SSSR count).